The average molecular weight is 395 g/mol. The van der Waals surface area contributed by atoms with E-state index in [0.717, 1.165) is 11.8 Å². The minimum atomic E-state index is -0.738. The fourth-order valence-electron chi connectivity index (χ4n) is 2.07. The predicted molar refractivity (Wildman–Crippen MR) is 100 cm³/mol. The maximum Gasteiger partial charge on any atom is 0.412 e. The van der Waals surface area contributed by atoms with Gasteiger partial charge in [-0.15, -0.1) is 0 Å². The van der Waals surface area contributed by atoms with E-state index in [1.165, 1.54) is 11.0 Å². The van der Waals surface area contributed by atoms with Crippen LogP contribution in [0.4, 0.5) is 19.8 Å². The van der Waals surface area contributed by atoms with Crippen LogP contribution in [0.2, 0.25) is 5.02 Å². The Kier molecular flexibility index (Phi) is 7.36. The van der Waals surface area contributed by atoms with Crippen LogP contribution in [0.15, 0.2) is 36.5 Å². The van der Waals surface area contributed by atoms with Crippen molar-refractivity contribution in [2.24, 2.45) is 0 Å². The van der Waals surface area contributed by atoms with E-state index in [1.54, 1.807) is 20.0 Å². The summed E-state index contributed by atoms with van der Waals surface area (Å²) in [5.74, 6) is -0.275. The highest BCUT2D eigenvalue weighted by molar-refractivity contribution is 6.31. The summed E-state index contributed by atoms with van der Waals surface area (Å²) >= 11 is 6.04. The first-order valence-corrected chi connectivity index (χ1v) is 8.53. The van der Waals surface area contributed by atoms with Crippen LogP contribution in [0.3, 0.4) is 0 Å². The van der Waals surface area contributed by atoms with E-state index in [9.17, 15) is 14.0 Å². The largest absolute Gasteiger partial charge is 0.447 e. The highest BCUT2D eigenvalue weighted by Crippen LogP contribution is 2.14. The predicted octanol–water partition coefficient (Wildman–Crippen LogP) is 3.57. The number of urea groups is 1. The van der Waals surface area contributed by atoms with Crippen molar-refractivity contribution >= 4 is 29.5 Å². The van der Waals surface area contributed by atoms with Gasteiger partial charge in [0.05, 0.1) is 12.7 Å². The molecule has 0 atom stereocenters. The number of ether oxygens (including phenoxy) is 1. The number of halogens is 2. The van der Waals surface area contributed by atoms with Gasteiger partial charge in [0.25, 0.3) is 0 Å². The molecule has 9 heteroatoms. The molecule has 0 unspecified atom stereocenters. The Morgan fingerprint density at radius 2 is 2.07 bits per heavy atom. The second-order valence-corrected chi connectivity index (χ2v) is 6.16. The third kappa shape index (κ3) is 6.41. The number of likely N-dealkylation sites (N-methyl/N-ethyl adjacent to an activating group) is 1. The van der Waals surface area contributed by atoms with Crippen LogP contribution < -0.4 is 10.6 Å². The van der Waals surface area contributed by atoms with Gasteiger partial charge in [-0.05, 0) is 30.2 Å². The average Bonchev–Trinajstić information content (AvgIpc) is 2.63. The Bertz CT molecular complexity index is 819. The summed E-state index contributed by atoms with van der Waals surface area (Å²) in [6.45, 7) is 2.03. The molecule has 2 N–H and O–H groups in total. The lowest BCUT2D eigenvalue weighted by Gasteiger charge is -2.18. The Balaban J connectivity index is 1.70. The molecule has 0 bridgehead atoms. The lowest BCUT2D eigenvalue weighted by molar-refractivity contribution is 0.146. The van der Waals surface area contributed by atoms with Crippen LogP contribution in [0.25, 0.3) is 0 Å². The van der Waals surface area contributed by atoms with E-state index in [2.05, 4.69) is 15.6 Å². The second kappa shape index (κ2) is 9.72. The number of benzene rings is 1. The standard InChI is InChI=1S/C18H20ClFN4O3/c1-12-9-16(21-11-15(12)20)23-18(26)27-8-7-24(2)17(25)22-10-13-5-3-4-6-14(13)19/h3-6,9,11H,7-8,10H2,1-2H3,(H,22,25)(H,21,23,26). The van der Waals surface area contributed by atoms with Gasteiger partial charge >= 0.3 is 12.1 Å². The lowest BCUT2D eigenvalue weighted by Crippen LogP contribution is -2.39. The third-order valence-corrected chi connectivity index (χ3v) is 4.04. The van der Waals surface area contributed by atoms with Gasteiger partial charge in [-0.25, -0.2) is 19.0 Å². The van der Waals surface area contributed by atoms with Crippen LogP contribution in [0.5, 0.6) is 0 Å². The molecule has 3 amide bonds. The van der Waals surface area contributed by atoms with E-state index in [1.807, 2.05) is 18.2 Å². The molecule has 0 radical (unpaired) electrons. The summed E-state index contributed by atoms with van der Waals surface area (Å²) in [5, 5.41) is 5.70. The number of hydrogen-bond acceptors (Lipinski definition) is 4. The van der Waals surface area contributed by atoms with Gasteiger partial charge in [-0.1, -0.05) is 29.8 Å². The van der Waals surface area contributed by atoms with Crippen molar-refractivity contribution in [2.75, 3.05) is 25.5 Å². The van der Waals surface area contributed by atoms with Gasteiger partial charge in [0.2, 0.25) is 0 Å². The number of aryl methyl sites for hydroxylation is 1. The minimum absolute atomic E-state index is 0.0119. The number of rotatable bonds is 6. The highest BCUT2D eigenvalue weighted by atomic mass is 35.5. The number of hydrogen-bond donors (Lipinski definition) is 2. The summed E-state index contributed by atoms with van der Waals surface area (Å²) in [7, 11) is 1.58. The molecule has 1 heterocycles. The topological polar surface area (TPSA) is 83.6 Å². The summed E-state index contributed by atoms with van der Waals surface area (Å²) < 4.78 is 18.1. The van der Waals surface area contributed by atoms with E-state index < -0.39 is 11.9 Å². The summed E-state index contributed by atoms with van der Waals surface area (Å²) in [6, 6.07) is 8.28. The first-order chi connectivity index (χ1) is 12.9. The fraction of sp³-hybridized carbons (Fsp3) is 0.278. The quantitative estimate of drug-likeness (QED) is 0.784. The van der Waals surface area contributed by atoms with E-state index >= 15 is 0 Å². The molecule has 0 saturated heterocycles. The number of anilines is 1. The number of nitrogens with one attached hydrogen (secondary N) is 2. The second-order valence-electron chi connectivity index (χ2n) is 5.75. The number of carbonyl (C=O) groups excluding carboxylic acids is 2. The molecule has 1 aromatic carbocycles. The zero-order chi connectivity index (χ0) is 19.8. The summed E-state index contributed by atoms with van der Waals surface area (Å²) in [6.07, 6.45) is 0.278. The van der Waals surface area contributed by atoms with Crippen LogP contribution >= 0.6 is 11.6 Å². The van der Waals surface area contributed by atoms with Crippen LogP contribution in [-0.2, 0) is 11.3 Å². The molecule has 144 valence electrons. The van der Waals surface area contributed by atoms with E-state index in [0.29, 0.717) is 17.1 Å². The Morgan fingerprint density at radius 3 is 2.78 bits per heavy atom. The lowest BCUT2D eigenvalue weighted by atomic mass is 10.2. The maximum atomic E-state index is 13.1. The van der Waals surface area contributed by atoms with Gasteiger partial charge in [-0.2, -0.15) is 0 Å². The van der Waals surface area contributed by atoms with Crippen molar-refractivity contribution in [3.05, 3.63) is 58.5 Å². The zero-order valence-electron chi connectivity index (χ0n) is 15.0. The monoisotopic (exact) mass is 394 g/mol. The van der Waals surface area contributed by atoms with Gasteiger partial charge < -0.3 is 15.0 Å². The number of nitrogens with zero attached hydrogens (tertiary/aromatic N) is 2. The van der Waals surface area contributed by atoms with Gasteiger partial charge in [0.15, 0.2) is 0 Å². The van der Waals surface area contributed by atoms with Gasteiger partial charge in [0.1, 0.15) is 18.2 Å². The number of carbonyl (C=O) groups is 2. The molecule has 0 fully saturated rings. The van der Waals surface area contributed by atoms with Crippen molar-refractivity contribution in [3.63, 3.8) is 0 Å². The van der Waals surface area contributed by atoms with Crippen molar-refractivity contribution in [3.8, 4) is 0 Å². The molecule has 0 spiro atoms. The maximum absolute atomic E-state index is 13.1. The Morgan fingerprint density at radius 1 is 1.33 bits per heavy atom. The molecule has 0 saturated carbocycles. The fourth-order valence-corrected chi connectivity index (χ4v) is 2.28. The van der Waals surface area contributed by atoms with Crippen LogP contribution in [-0.4, -0.2) is 42.2 Å². The molecule has 2 rings (SSSR count). The molecule has 0 aliphatic carbocycles. The number of amides is 3. The third-order valence-electron chi connectivity index (χ3n) is 3.67. The molecule has 1 aromatic heterocycles. The molecular formula is C18H20ClFN4O3. The minimum Gasteiger partial charge on any atom is -0.447 e. The first kappa shape index (κ1) is 20.4. The highest BCUT2D eigenvalue weighted by Gasteiger charge is 2.11. The molecular weight excluding hydrogens is 375 g/mol. The number of pyridine rings is 1. The molecule has 0 aliphatic heterocycles. The first-order valence-electron chi connectivity index (χ1n) is 8.15. The molecule has 2 aromatic rings. The Labute approximate surface area is 161 Å². The zero-order valence-corrected chi connectivity index (χ0v) is 15.7. The van der Waals surface area contributed by atoms with Gasteiger partial charge in [0, 0.05) is 18.6 Å². The van der Waals surface area contributed by atoms with Crippen molar-refractivity contribution < 1.29 is 18.7 Å². The SMILES string of the molecule is Cc1cc(NC(=O)OCCN(C)C(=O)NCc2ccccc2Cl)ncc1F. The molecule has 27 heavy (non-hydrogen) atoms. The summed E-state index contributed by atoms with van der Waals surface area (Å²) in [4.78, 5) is 28.9. The molecule has 0 aliphatic rings. The van der Waals surface area contributed by atoms with E-state index in [-0.39, 0.29) is 25.0 Å². The number of aromatic nitrogens is 1. The smallest absolute Gasteiger partial charge is 0.412 e. The Hall–Kier alpha value is -2.87. The molecule has 7 nitrogen and oxygen atoms in total. The van der Waals surface area contributed by atoms with Crippen LogP contribution in [0, 0.1) is 12.7 Å². The van der Waals surface area contributed by atoms with Crippen molar-refractivity contribution in [1.29, 1.82) is 0 Å². The summed E-state index contributed by atoms with van der Waals surface area (Å²) in [5.41, 5.74) is 1.16. The van der Waals surface area contributed by atoms with Crippen LogP contribution in [0.1, 0.15) is 11.1 Å². The van der Waals surface area contributed by atoms with Crippen molar-refractivity contribution in [1.82, 2.24) is 15.2 Å². The van der Waals surface area contributed by atoms with Crippen molar-refractivity contribution in [2.45, 2.75) is 13.5 Å². The van der Waals surface area contributed by atoms with Gasteiger partial charge in [-0.3, -0.25) is 5.32 Å². The normalized spacial score (nSPS) is 10.2. The van der Waals surface area contributed by atoms with E-state index in [4.69, 9.17) is 16.3 Å².